The number of aryl methyl sites for hydroxylation is 2. The highest BCUT2D eigenvalue weighted by Crippen LogP contribution is 2.33. The molecule has 0 saturated carbocycles. The largest absolute Gasteiger partial charge is 0.455 e. The molecule has 1 heterocycles. The van der Waals surface area contributed by atoms with Crippen LogP contribution in [0.4, 0.5) is 5.69 Å². The fourth-order valence-electron chi connectivity index (χ4n) is 2.04. The predicted molar refractivity (Wildman–Crippen MR) is 77.2 cm³/mol. The molecule has 0 atom stereocenters. The van der Waals surface area contributed by atoms with E-state index in [9.17, 15) is 0 Å². The Balaban J connectivity index is 2.06. The van der Waals surface area contributed by atoms with Crippen LogP contribution in [0.2, 0.25) is 5.02 Å². The third-order valence-corrected chi connectivity index (χ3v) is 3.64. The van der Waals surface area contributed by atoms with Crippen LogP contribution < -0.4 is 10.5 Å². The number of fused-ring (bicyclic) bond motifs is 1. The second kappa shape index (κ2) is 4.68. The van der Waals surface area contributed by atoms with Crippen molar-refractivity contribution in [3.8, 4) is 11.5 Å². The molecular formula is C14H12ClN3O2. The van der Waals surface area contributed by atoms with E-state index in [1.165, 1.54) is 0 Å². The Labute approximate surface area is 120 Å². The van der Waals surface area contributed by atoms with Crippen LogP contribution in [0.25, 0.3) is 11.0 Å². The highest BCUT2D eigenvalue weighted by molar-refractivity contribution is 6.32. The zero-order valence-electron chi connectivity index (χ0n) is 11.0. The number of nitrogen functional groups attached to an aromatic ring is 1. The van der Waals surface area contributed by atoms with Crippen molar-refractivity contribution >= 4 is 28.3 Å². The van der Waals surface area contributed by atoms with Gasteiger partial charge in [-0.2, -0.15) is 0 Å². The van der Waals surface area contributed by atoms with E-state index in [2.05, 4.69) is 10.3 Å². The summed E-state index contributed by atoms with van der Waals surface area (Å²) in [6, 6.07) is 7.18. The molecule has 102 valence electrons. The van der Waals surface area contributed by atoms with Crippen molar-refractivity contribution in [2.45, 2.75) is 13.8 Å². The van der Waals surface area contributed by atoms with E-state index >= 15 is 0 Å². The molecule has 0 aliphatic rings. The summed E-state index contributed by atoms with van der Waals surface area (Å²) in [6.45, 7) is 3.86. The van der Waals surface area contributed by atoms with Gasteiger partial charge in [0.15, 0.2) is 16.8 Å². The Kier molecular flexibility index (Phi) is 2.99. The summed E-state index contributed by atoms with van der Waals surface area (Å²) in [7, 11) is 0. The molecule has 0 saturated heterocycles. The number of hydrogen-bond donors (Lipinski definition) is 1. The minimum atomic E-state index is 0.491. The zero-order valence-corrected chi connectivity index (χ0v) is 11.7. The number of rotatable bonds is 2. The number of aromatic nitrogens is 2. The van der Waals surface area contributed by atoms with Gasteiger partial charge in [0.2, 0.25) is 0 Å². The van der Waals surface area contributed by atoms with Crippen LogP contribution in [-0.2, 0) is 0 Å². The monoisotopic (exact) mass is 289 g/mol. The van der Waals surface area contributed by atoms with E-state index in [0.717, 1.165) is 16.1 Å². The number of nitrogens with two attached hydrogens (primary N) is 1. The van der Waals surface area contributed by atoms with Crippen LogP contribution in [-0.4, -0.2) is 10.3 Å². The topological polar surface area (TPSA) is 74.2 Å². The van der Waals surface area contributed by atoms with E-state index < -0.39 is 0 Å². The van der Waals surface area contributed by atoms with Gasteiger partial charge in [0.1, 0.15) is 5.75 Å². The lowest BCUT2D eigenvalue weighted by molar-refractivity contribution is 0.314. The first-order chi connectivity index (χ1) is 9.56. The van der Waals surface area contributed by atoms with Gasteiger partial charge in [0, 0.05) is 5.02 Å². The highest BCUT2D eigenvalue weighted by atomic mass is 35.5. The first kappa shape index (κ1) is 12.7. The molecule has 0 aliphatic carbocycles. The summed E-state index contributed by atoms with van der Waals surface area (Å²) < 4.78 is 10.6. The molecule has 0 spiro atoms. The smallest absolute Gasteiger partial charge is 0.179 e. The van der Waals surface area contributed by atoms with Crippen molar-refractivity contribution in [3.05, 3.63) is 40.4 Å². The number of hydrogen-bond acceptors (Lipinski definition) is 5. The first-order valence-electron chi connectivity index (χ1n) is 6.01. The summed E-state index contributed by atoms with van der Waals surface area (Å²) in [5.41, 5.74) is 9.18. The van der Waals surface area contributed by atoms with Crippen molar-refractivity contribution < 1.29 is 9.37 Å². The lowest BCUT2D eigenvalue weighted by atomic mass is 10.1. The van der Waals surface area contributed by atoms with E-state index in [1.54, 1.807) is 12.1 Å². The number of benzene rings is 2. The molecule has 5 nitrogen and oxygen atoms in total. The normalized spacial score (nSPS) is 10.9. The Morgan fingerprint density at radius 2 is 1.75 bits per heavy atom. The van der Waals surface area contributed by atoms with E-state index in [-0.39, 0.29) is 0 Å². The zero-order chi connectivity index (χ0) is 14.3. The van der Waals surface area contributed by atoms with Gasteiger partial charge in [-0.1, -0.05) is 11.6 Å². The minimum Gasteiger partial charge on any atom is -0.455 e. The van der Waals surface area contributed by atoms with Crippen LogP contribution in [0.3, 0.4) is 0 Å². The molecule has 0 fully saturated rings. The van der Waals surface area contributed by atoms with Gasteiger partial charge in [-0.15, -0.1) is 0 Å². The predicted octanol–water partition coefficient (Wildman–Crippen LogP) is 3.87. The van der Waals surface area contributed by atoms with Crippen molar-refractivity contribution in [1.29, 1.82) is 0 Å². The molecule has 0 aliphatic heterocycles. The van der Waals surface area contributed by atoms with Gasteiger partial charge < -0.3 is 10.5 Å². The van der Waals surface area contributed by atoms with Crippen molar-refractivity contribution in [2.24, 2.45) is 0 Å². The third-order valence-electron chi connectivity index (χ3n) is 3.05. The molecule has 0 unspecified atom stereocenters. The van der Waals surface area contributed by atoms with Gasteiger partial charge in [-0.3, -0.25) is 0 Å². The van der Waals surface area contributed by atoms with E-state index in [1.807, 2.05) is 26.0 Å². The Bertz CT molecular complexity index is 775. The van der Waals surface area contributed by atoms with Gasteiger partial charge >= 0.3 is 0 Å². The summed E-state index contributed by atoms with van der Waals surface area (Å²) in [4.78, 5) is 0. The average molecular weight is 290 g/mol. The average Bonchev–Trinajstić information content (AvgIpc) is 2.89. The van der Waals surface area contributed by atoms with Crippen molar-refractivity contribution in [2.75, 3.05) is 5.73 Å². The summed E-state index contributed by atoms with van der Waals surface area (Å²) in [5.74, 6) is 1.22. The molecule has 3 rings (SSSR count). The van der Waals surface area contributed by atoms with Crippen LogP contribution in [0.1, 0.15) is 11.1 Å². The lowest BCUT2D eigenvalue weighted by Gasteiger charge is -2.10. The van der Waals surface area contributed by atoms with Gasteiger partial charge in [-0.05, 0) is 59.6 Å². The molecule has 2 aromatic carbocycles. The maximum absolute atomic E-state index is 6.14. The molecule has 0 amide bonds. The minimum absolute atomic E-state index is 0.491. The van der Waals surface area contributed by atoms with E-state index in [4.69, 9.17) is 26.7 Å². The van der Waals surface area contributed by atoms with Crippen LogP contribution in [0.5, 0.6) is 11.5 Å². The molecular weight excluding hydrogens is 278 g/mol. The van der Waals surface area contributed by atoms with Crippen molar-refractivity contribution in [3.63, 3.8) is 0 Å². The molecule has 0 radical (unpaired) electrons. The van der Waals surface area contributed by atoms with Gasteiger partial charge in [-0.25, -0.2) is 4.63 Å². The molecule has 6 heteroatoms. The number of halogens is 1. The number of nitrogens with zero attached hydrogens (tertiary/aromatic N) is 2. The SMILES string of the molecule is Cc1cc(Oc2ccc(N)c3nonc23)cc(C)c1Cl. The van der Waals surface area contributed by atoms with Gasteiger partial charge in [0.05, 0.1) is 5.69 Å². The third kappa shape index (κ3) is 2.06. The van der Waals surface area contributed by atoms with Crippen LogP contribution >= 0.6 is 11.6 Å². The molecule has 2 N–H and O–H groups in total. The Morgan fingerprint density at radius 3 is 2.45 bits per heavy atom. The Hall–Kier alpha value is -2.27. The van der Waals surface area contributed by atoms with Crippen LogP contribution in [0, 0.1) is 13.8 Å². The fraction of sp³-hybridized carbons (Fsp3) is 0.143. The molecule has 0 bridgehead atoms. The second-order valence-corrected chi connectivity index (χ2v) is 4.97. The van der Waals surface area contributed by atoms with E-state index in [0.29, 0.717) is 28.2 Å². The Morgan fingerprint density at radius 1 is 1.10 bits per heavy atom. The number of anilines is 1. The molecule has 3 aromatic rings. The molecule has 20 heavy (non-hydrogen) atoms. The summed E-state index contributed by atoms with van der Waals surface area (Å²) >= 11 is 6.14. The fourth-order valence-corrected chi connectivity index (χ4v) is 2.15. The quantitative estimate of drug-likeness (QED) is 0.725. The number of ether oxygens (including phenoxy) is 1. The second-order valence-electron chi connectivity index (χ2n) is 4.59. The standard InChI is InChI=1S/C14H12ClN3O2/c1-7-5-9(6-8(2)12(7)15)19-11-4-3-10(16)13-14(11)18-20-17-13/h3-6H,16H2,1-2H3. The molecule has 1 aromatic heterocycles. The highest BCUT2D eigenvalue weighted by Gasteiger charge is 2.12. The summed E-state index contributed by atoms with van der Waals surface area (Å²) in [6.07, 6.45) is 0. The maximum atomic E-state index is 6.14. The lowest BCUT2D eigenvalue weighted by Crippen LogP contribution is -1.92. The summed E-state index contributed by atoms with van der Waals surface area (Å²) in [5, 5.41) is 8.32. The maximum Gasteiger partial charge on any atom is 0.179 e. The van der Waals surface area contributed by atoms with Gasteiger partial charge in [0.25, 0.3) is 0 Å². The first-order valence-corrected chi connectivity index (χ1v) is 6.39. The van der Waals surface area contributed by atoms with Crippen LogP contribution in [0.15, 0.2) is 28.9 Å². The van der Waals surface area contributed by atoms with Crippen molar-refractivity contribution in [1.82, 2.24) is 10.3 Å².